The molecule has 5 nitrogen and oxygen atoms in total. The zero-order valence-electron chi connectivity index (χ0n) is 12.9. The van der Waals surface area contributed by atoms with Gasteiger partial charge >= 0.3 is 0 Å². The Labute approximate surface area is 147 Å². The number of amides is 2. The van der Waals surface area contributed by atoms with Crippen molar-refractivity contribution in [1.82, 2.24) is 10.9 Å². The Balaban J connectivity index is 1.80. The van der Waals surface area contributed by atoms with Gasteiger partial charge in [-0.25, -0.2) is 4.39 Å². The summed E-state index contributed by atoms with van der Waals surface area (Å²) in [6, 6.07) is 12.8. The minimum atomic E-state index is -0.797. The summed E-state index contributed by atoms with van der Waals surface area (Å²) in [6.45, 7) is 1.56. The largest absolute Gasteiger partial charge is 0.481 e. The van der Waals surface area contributed by atoms with Crippen LogP contribution in [-0.4, -0.2) is 17.9 Å². The Bertz CT molecular complexity index is 739. The molecule has 0 saturated heterocycles. The summed E-state index contributed by atoms with van der Waals surface area (Å²) in [5, 5.41) is 0. The van der Waals surface area contributed by atoms with E-state index in [2.05, 4.69) is 26.8 Å². The second kappa shape index (κ2) is 8.44. The van der Waals surface area contributed by atoms with E-state index in [1.165, 1.54) is 18.2 Å². The molecule has 0 heterocycles. The van der Waals surface area contributed by atoms with E-state index < -0.39 is 23.7 Å². The molecule has 0 fully saturated rings. The zero-order valence-corrected chi connectivity index (χ0v) is 14.5. The minimum absolute atomic E-state index is 0.0427. The van der Waals surface area contributed by atoms with E-state index in [0.717, 1.165) is 4.47 Å². The fourth-order valence-corrected chi connectivity index (χ4v) is 2.29. The molecule has 0 aliphatic carbocycles. The van der Waals surface area contributed by atoms with Gasteiger partial charge < -0.3 is 4.74 Å². The second-order valence-corrected chi connectivity index (χ2v) is 5.98. The lowest BCUT2D eigenvalue weighted by atomic mass is 10.1. The number of nitrogens with one attached hydrogen (secondary N) is 2. The standard InChI is InChI=1S/C17H16BrFN2O3/c1-11(24-15-7-3-5-13(18)10-15)17(23)21-20-16(22)9-12-4-2-6-14(19)8-12/h2-8,10-11H,9H2,1H3,(H,20,22)(H,21,23)/t11-/m0/s1. The van der Waals surface area contributed by atoms with E-state index in [1.54, 1.807) is 31.2 Å². The van der Waals surface area contributed by atoms with Gasteiger partial charge in [0, 0.05) is 4.47 Å². The summed E-state index contributed by atoms with van der Waals surface area (Å²) < 4.78 is 19.4. The number of benzene rings is 2. The third kappa shape index (κ3) is 5.66. The first-order chi connectivity index (χ1) is 11.4. The summed E-state index contributed by atoms with van der Waals surface area (Å²) in [5.74, 6) is -0.843. The van der Waals surface area contributed by atoms with E-state index in [0.29, 0.717) is 11.3 Å². The van der Waals surface area contributed by atoms with E-state index >= 15 is 0 Å². The molecule has 0 saturated carbocycles. The molecular weight excluding hydrogens is 379 g/mol. The predicted octanol–water partition coefficient (Wildman–Crippen LogP) is 2.75. The number of ether oxygens (including phenoxy) is 1. The number of hydrogen-bond acceptors (Lipinski definition) is 3. The lowest BCUT2D eigenvalue weighted by molar-refractivity contribution is -0.132. The molecule has 2 aromatic carbocycles. The molecule has 2 amide bonds. The zero-order chi connectivity index (χ0) is 17.5. The van der Waals surface area contributed by atoms with E-state index in [9.17, 15) is 14.0 Å². The van der Waals surface area contributed by atoms with Crippen molar-refractivity contribution in [1.29, 1.82) is 0 Å². The Morgan fingerprint density at radius 2 is 1.92 bits per heavy atom. The van der Waals surface area contributed by atoms with Gasteiger partial charge in [0.15, 0.2) is 6.10 Å². The highest BCUT2D eigenvalue weighted by Crippen LogP contribution is 2.18. The van der Waals surface area contributed by atoms with Gasteiger partial charge in [-0.15, -0.1) is 0 Å². The average molecular weight is 395 g/mol. The molecule has 126 valence electrons. The Kier molecular flexibility index (Phi) is 6.31. The first kappa shape index (κ1) is 17.9. The highest BCUT2D eigenvalue weighted by atomic mass is 79.9. The fourth-order valence-electron chi connectivity index (χ4n) is 1.91. The van der Waals surface area contributed by atoms with Crippen LogP contribution in [0.25, 0.3) is 0 Å². The molecular formula is C17H16BrFN2O3. The van der Waals surface area contributed by atoms with Gasteiger partial charge in [-0.05, 0) is 42.8 Å². The van der Waals surface area contributed by atoms with E-state index in [-0.39, 0.29) is 6.42 Å². The lowest BCUT2D eigenvalue weighted by Crippen LogP contribution is -2.47. The maximum absolute atomic E-state index is 13.1. The quantitative estimate of drug-likeness (QED) is 0.766. The highest BCUT2D eigenvalue weighted by molar-refractivity contribution is 9.10. The summed E-state index contributed by atoms with van der Waals surface area (Å²) in [7, 11) is 0. The first-order valence-electron chi connectivity index (χ1n) is 7.19. The van der Waals surface area contributed by atoms with Crippen molar-refractivity contribution < 1.29 is 18.7 Å². The molecule has 2 aromatic rings. The van der Waals surface area contributed by atoms with Crippen molar-refractivity contribution in [3.63, 3.8) is 0 Å². The van der Waals surface area contributed by atoms with Crippen LogP contribution in [0.5, 0.6) is 5.75 Å². The molecule has 24 heavy (non-hydrogen) atoms. The molecule has 2 N–H and O–H groups in total. The van der Waals surface area contributed by atoms with Crippen LogP contribution < -0.4 is 15.6 Å². The maximum Gasteiger partial charge on any atom is 0.279 e. The van der Waals surface area contributed by atoms with Crippen molar-refractivity contribution in [3.8, 4) is 5.75 Å². The van der Waals surface area contributed by atoms with Crippen LogP contribution in [0.1, 0.15) is 12.5 Å². The topological polar surface area (TPSA) is 67.4 Å². The summed E-state index contributed by atoms with van der Waals surface area (Å²) >= 11 is 3.31. The van der Waals surface area contributed by atoms with Crippen LogP contribution in [0.4, 0.5) is 4.39 Å². The van der Waals surface area contributed by atoms with Gasteiger partial charge in [0.1, 0.15) is 11.6 Å². The minimum Gasteiger partial charge on any atom is -0.481 e. The molecule has 7 heteroatoms. The Morgan fingerprint density at radius 3 is 2.62 bits per heavy atom. The molecule has 0 radical (unpaired) electrons. The molecule has 0 aromatic heterocycles. The smallest absolute Gasteiger partial charge is 0.279 e. The monoisotopic (exact) mass is 394 g/mol. The maximum atomic E-state index is 13.1. The van der Waals surface area contributed by atoms with Gasteiger partial charge in [-0.3, -0.25) is 20.4 Å². The molecule has 1 atom stereocenters. The highest BCUT2D eigenvalue weighted by Gasteiger charge is 2.15. The normalized spacial score (nSPS) is 11.5. The molecule has 0 aliphatic heterocycles. The second-order valence-electron chi connectivity index (χ2n) is 5.06. The molecule has 0 bridgehead atoms. The molecule has 0 unspecified atom stereocenters. The van der Waals surface area contributed by atoms with Crippen molar-refractivity contribution in [2.45, 2.75) is 19.4 Å². The number of carbonyl (C=O) groups excluding carboxylic acids is 2. The third-order valence-corrected chi connectivity index (χ3v) is 3.55. The van der Waals surface area contributed by atoms with Crippen LogP contribution in [-0.2, 0) is 16.0 Å². The number of rotatable bonds is 5. The van der Waals surface area contributed by atoms with Crippen LogP contribution >= 0.6 is 15.9 Å². The summed E-state index contributed by atoms with van der Waals surface area (Å²) in [5.41, 5.74) is 5.08. The lowest BCUT2D eigenvalue weighted by Gasteiger charge is -2.15. The summed E-state index contributed by atoms with van der Waals surface area (Å²) in [4.78, 5) is 23.7. The van der Waals surface area contributed by atoms with Gasteiger partial charge in [-0.1, -0.05) is 34.1 Å². The number of halogens is 2. The fraction of sp³-hybridized carbons (Fsp3) is 0.176. The number of hydrazine groups is 1. The van der Waals surface area contributed by atoms with Crippen LogP contribution in [0.15, 0.2) is 53.0 Å². The van der Waals surface area contributed by atoms with Gasteiger partial charge in [0.05, 0.1) is 6.42 Å². The third-order valence-electron chi connectivity index (χ3n) is 3.06. The first-order valence-corrected chi connectivity index (χ1v) is 7.98. The summed E-state index contributed by atoms with van der Waals surface area (Å²) in [6.07, 6.45) is -0.840. The van der Waals surface area contributed by atoms with Gasteiger partial charge in [-0.2, -0.15) is 0 Å². The Hall–Kier alpha value is -2.41. The Morgan fingerprint density at radius 1 is 1.17 bits per heavy atom. The average Bonchev–Trinajstić information content (AvgIpc) is 2.52. The van der Waals surface area contributed by atoms with Gasteiger partial charge in [0.25, 0.3) is 5.91 Å². The van der Waals surface area contributed by atoms with Gasteiger partial charge in [0.2, 0.25) is 5.91 Å². The predicted molar refractivity (Wildman–Crippen MR) is 90.6 cm³/mol. The molecule has 0 aliphatic rings. The SMILES string of the molecule is C[C@H](Oc1cccc(Br)c1)C(=O)NNC(=O)Cc1cccc(F)c1. The van der Waals surface area contributed by atoms with Crippen molar-refractivity contribution in [2.24, 2.45) is 0 Å². The number of hydrogen-bond donors (Lipinski definition) is 2. The van der Waals surface area contributed by atoms with Crippen molar-refractivity contribution in [3.05, 3.63) is 64.4 Å². The van der Waals surface area contributed by atoms with E-state index in [1.807, 2.05) is 6.07 Å². The van der Waals surface area contributed by atoms with Crippen molar-refractivity contribution in [2.75, 3.05) is 0 Å². The van der Waals surface area contributed by atoms with Crippen molar-refractivity contribution >= 4 is 27.7 Å². The van der Waals surface area contributed by atoms with Crippen LogP contribution in [0.2, 0.25) is 0 Å². The van der Waals surface area contributed by atoms with E-state index in [4.69, 9.17) is 4.74 Å². The molecule has 2 rings (SSSR count). The van der Waals surface area contributed by atoms with Crippen LogP contribution in [0.3, 0.4) is 0 Å². The molecule has 0 spiro atoms. The van der Waals surface area contributed by atoms with Crippen LogP contribution in [0, 0.1) is 5.82 Å². The number of carbonyl (C=O) groups is 2.